The molecule has 3 rings (SSSR count). The first-order valence-corrected chi connectivity index (χ1v) is 9.51. The van der Waals surface area contributed by atoms with Crippen LogP contribution in [0.15, 0.2) is 29.2 Å². The highest BCUT2D eigenvalue weighted by Crippen LogP contribution is 2.36. The number of nitrogens with one attached hydrogen (secondary N) is 1. The molecule has 0 bridgehead atoms. The van der Waals surface area contributed by atoms with Crippen LogP contribution in [0.25, 0.3) is 0 Å². The van der Waals surface area contributed by atoms with Crippen molar-refractivity contribution in [2.24, 2.45) is 0 Å². The van der Waals surface area contributed by atoms with Crippen LogP contribution in [0.2, 0.25) is 0 Å². The van der Waals surface area contributed by atoms with E-state index < -0.39 is 0 Å². The van der Waals surface area contributed by atoms with Crippen molar-refractivity contribution >= 4 is 29.3 Å². The summed E-state index contributed by atoms with van der Waals surface area (Å²) in [5.74, 6) is -0.0327. The van der Waals surface area contributed by atoms with Crippen LogP contribution < -0.4 is 5.32 Å². The van der Waals surface area contributed by atoms with Gasteiger partial charge in [0, 0.05) is 31.0 Å². The largest absolute Gasteiger partial charge is 0.376 e. The zero-order valence-electron chi connectivity index (χ0n) is 14.0. The van der Waals surface area contributed by atoms with Crippen LogP contribution in [0, 0.1) is 0 Å². The van der Waals surface area contributed by atoms with Gasteiger partial charge >= 0.3 is 0 Å². The third kappa shape index (κ3) is 4.11. The lowest BCUT2D eigenvalue weighted by Gasteiger charge is -2.34. The number of hydrogen-bond donors (Lipinski definition) is 1. The summed E-state index contributed by atoms with van der Waals surface area (Å²) in [5.41, 5.74) is 0.835. The number of carbonyl (C=O) groups is 2. The predicted octanol–water partition coefficient (Wildman–Crippen LogP) is 2.91. The second kappa shape index (κ2) is 8.03. The van der Waals surface area contributed by atoms with Crippen LogP contribution in [0.5, 0.6) is 0 Å². The number of thioether (sulfide) groups is 1. The Hall–Kier alpha value is -1.53. The first-order chi connectivity index (χ1) is 11.7. The Kier molecular flexibility index (Phi) is 5.79. The molecule has 0 saturated carbocycles. The first kappa shape index (κ1) is 17.3. The molecule has 1 fully saturated rings. The molecule has 0 radical (unpaired) electrons. The number of amides is 2. The van der Waals surface area contributed by atoms with Crippen molar-refractivity contribution in [3.63, 3.8) is 0 Å². The van der Waals surface area contributed by atoms with Crippen LogP contribution in [0.1, 0.15) is 32.6 Å². The monoisotopic (exact) mass is 348 g/mol. The Labute approximate surface area is 147 Å². The lowest BCUT2D eigenvalue weighted by molar-refractivity contribution is -0.136. The highest BCUT2D eigenvalue weighted by molar-refractivity contribution is 8.01. The number of rotatable bonds is 5. The molecule has 2 heterocycles. The molecule has 2 atom stereocenters. The smallest absolute Gasteiger partial charge is 0.238 e. The van der Waals surface area contributed by atoms with Gasteiger partial charge in [-0.05, 0) is 31.4 Å². The fourth-order valence-electron chi connectivity index (χ4n) is 3.10. The van der Waals surface area contributed by atoms with Crippen molar-refractivity contribution < 1.29 is 14.3 Å². The van der Waals surface area contributed by atoms with Gasteiger partial charge in [0.2, 0.25) is 11.8 Å². The fourth-order valence-corrected chi connectivity index (χ4v) is 4.20. The summed E-state index contributed by atoms with van der Waals surface area (Å²) in [4.78, 5) is 27.8. The van der Waals surface area contributed by atoms with Crippen LogP contribution in [-0.2, 0) is 14.3 Å². The maximum absolute atomic E-state index is 12.6. The van der Waals surface area contributed by atoms with Gasteiger partial charge in [-0.15, -0.1) is 11.8 Å². The van der Waals surface area contributed by atoms with Crippen molar-refractivity contribution in [1.29, 1.82) is 0 Å². The number of fused-ring (bicyclic) bond motifs is 1. The third-order valence-corrected chi connectivity index (χ3v) is 5.63. The minimum absolute atomic E-state index is 0.0480. The molecule has 0 unspecified atom stereocenters. The molecule has 6 heteroatoms. The Morgan fingerprint density at radius 1 is 1.42 bits per heavy atom. The van der Waals surface area contributed by atoms with Gasteiger partial charge in [-0.2, -0.15) is 0 Å². The van der Waals surface area contributed by atoms with Gasteiger partial charge < -0.3 is 15.0 Å². The van der Waals surface area contributed by atoms with E-state index in [0.717, 1.165) is 43.0 Å². The summed E-state index contributed by atoms with van der Waals surface area (Å²) in [6, 6.07) is 7.71. The molecular weight excluding hydrogens is 324 g/mol. The van der Waals surface area contributed by atoms with E-state index in [4.69, 9.17) is 4.74 Å². The molecule has 5 nitrogen and oxygen atoms in total. The van der Waals surface area contributed by atoms with Crippen LogP contribution in [-0.4, -0.2) is 47.8 Å². The second-order valence-electron chi connectivity index (χ2n) is 6.27. The summed E-state index contributed by atoms with van der Waals surface area (Å²) in [6.07, 6.45) is 3.34. The third-order valence-electron chi connectivity index (χ3n) is 4.36. The standard InChI is InChI=1S/C18H24N2O3S/c1-2-10-23-13-6-5-9-20(12-13)17(21)11-16-18(22)19-14-7-3-4-8-15(14)24-16/h3-4,7-8,13,16H,2,5-6,9-12H2,1H3,(H,19,22)/t13-,16+/m1/s1. The number of para-hydroxylation sites is 1. The summed E-state index contributed by atoms with van der Waals surface area (Å²) in [5, 5.41) is 2.54. The lowest BCUT2D eigenvalue weighted by Crippen LogP contribution is -2.45. The molecule has 2 amide bonds. The summed E-state index contributed by atoms with van der Waals surface area (Å²) >= 11 is 1.48. The molecule has 24 heavy (non-hydrogen) atoms. The van der Waals surface area contributed by atoms with Crippen molar-refractivity contribution in [3.8, 4) is 0 Å². The van der Waals surface area contributed by atoms with Crippen LogP contribution >= 0.6 is 11.8 Å². The SMILES string of the molecule is CCCO[C@@H]1CCCN(C(=O)C[C@@H]2Sc3ccccc3NC2=O)C1. The van der Waals surface area contributed by atoms with E-state index in [1.165, 1.54) is 11.8 Å². The second-order valence-corrected chi connectivity index (χ2v) is 7.52. The van der Waals surface area contributed by atoms with E-state index in [0.29, 0.717) is 6.54 Å². The average Bonchev–Trinajstić information content (AvgIpc) is 2.60. The van der Waals surface area contributed by atoms with E-state index in [1.54, 1.807) is 0 Å². The molecule has 1 N–H and O–H groups in total. The molecule has 1 saturated heterocycles. The first-order valence-electron chi connectivity index (χ1n) is 8.63. The summed E-state index contributed by atoms with van der Waals surface area (Å²) in [7, 11) is 0. The number of benzene rings is 1. The minimum Gasteiger partial charge on any atom is -0.376 e. The van der Waals surface area contributed by atoms with Crippen molar-refractivity contribution in [2.75, 3.05) is 25.0 Å². The van der Waals surface area contributed by atoms with Crippen LogP contribution in [0.3, 0.4) is 0 Å². The predicted molar refractivity (Wildman–Crippen MR) is 95.2 cm³/mol. The summed E-state index contributed by atoms with van der Waals surface area (Å²) < 4.78 is 5.79. The normalized spacial score (nSPS) is 23.5. The molecule has 2 aliphatic heterocycles. The number of nitrogens with zero attached hydrogens (tertiary/aromatic N) is 1. The molecule has 0 aliphatic carbocycles. The van der Waals surface area contributed by atoms with Crippen molar-refractivity contribution in [2.45, 2.75) is 48.9 Å². The maximum atomic E-state index is 12.6. The Morgan fingerprint density at radius 3 is 3.08 bits per heavy atom. The number of ether oxygens (including phenoxy) is 1. The van der Waals surface area contributed by atoms with E-state index in [2.05, 4.69) is 12.2 Å². The molecule has 1 aromatic carbocycles. The van der Waals surface area contributed by atoms with E-state index in [9.17, 15) is 9.59 Å². The Balaban J connectivity index is 1.57. The van der Waals surface area contributed by atoms with Gasteiger partial charge in [-0.25, -0.2) is 0 Å². The zero-order chi connectivity index (χ0) is 16.9. The summed E-state index contributed by atoms with van der Waals surface area (Å²) in [6.45, 7) is 4.24. The van der Waals surface area contributed by atoms with Crippen LogP contribution in [0.4, 0.5) is 5.69 Å². The van der Waals surface area contributed by atoms with Gasteiger partial charge in [0.15, 0.2) is 0 Å². The lowest BCUT2D eigenvalue weighted by atomic mass is 10.1. The molecule has 2 aliphatic rings. The fraction of sp³-hybridized carbons (Fsp3) is 0.556. The van der Waals surface area contributed by atoms with Gasteiger partial charge in [-0.3, -0.25) is 9.59 Å². The number of anilines is 1. The average molecular weight is 348 g/mol. The Morgan fingerprint density at radius 2 is 2.25 bits per heavy atom. The van der Waals surface area contributed by atoms with E-state index in [1.807, 2.05) is 29.2 Å². The highest BCUT2D eigenvalue weighted by atomic mass is 32.2. The molecule has 130 valence electrons. The molecule has 0 spiro atoms. The van der Waals surface area contributed by atoms with Gasteiger partial charge in [0.1, 0.15) is 0 Å². The van der Waals surface area contributed by atoms with Gasteiger partial charge in [-0.1, -0.05) is 19.1 Å². The number of carbonyl (C=O) groups excluding carboxylic acids is 2. The number of hydrogen-bond acceptors (Lipinski definition) is 4. The quantitative estimate of drug-likeness (QED) is 0.889. The number of likely N-dealkylation sites (tertiary alicyclic amines) is 1. The molecule has 0 aromatic heterocycles. The molecule has 1 aromatic rings. The zero-order valence-corrected chi connectivity index (χ0v) is 14.8. The maximum Gasteiger partial charge on any atom is 0.238 e. The van der Waals surface area contributed by atoms with Crippen molar-refractivity contribution in [1.82, 2.24) is 4.90 Å². The van der Waals surface area contributed by atoms with E-state index >= 15 is 0 Å². The highest BCUT2D eigenvalue weighted by Gasteiger charge is 2.32. The topological polar surface area (TPSA) is 58.6 Å². The Bertz CT molecular complexity index is 608. The van der Waals surface area contributed by atoms with E-state index in [-0.39, 0.29) is 29.6 Å². The number of piperidine rings is 1. The van der Waals surface area contributed by atoms with Gasteiger partial charge in [0.05, 0.1) is 17.0 Å². The van der Waals surface area contributed by atoms with Crippen molar-refractivity contribution in [3.05, 3.63) is 24.3 Å². The van der Waals surface area contributed by atoms with Gasteiger partial charge in [0.25, 0.3) is 0 Å². The minimum atomic E-state index is -0.357. The molecular formula is C18H24N2O3S.